The van der Waals surface area contributed by atoms with Gasteiger partial charge in [-0.3, -0.25) is 5.41 Å². The highest BCUT2D eigenvalue weighted by atomic mass is 19.3. The molecule has 0 aliphatic carbocycles. The Hall–Kier alpha value is -1.60. The maximum absolute atomic E-state index is 12.2. The van der Waals surface area contributed by atoms with E-state index < -0.39 is 35.8 Å². The number of carbonyl (C=O) groups is 1. The Labute approximate surface area is 82.1 Å². The number of carboxylic acid groups (broad SMARTS) is 1. The van der Waals surface area contributed by atoms with Crippen molar-refractivity contribution in [3.05, 3.63) is 11.3 Å². The maximum atomic E-state index is 12.2. The molecule has 0 rings (SSSR count). The number of nitrogens with one attached hydrogen (secondary N) is 2. The third-order valence-electron chi connectivity index (χ3n) is 1.46. The molecule has 0 aromatic carbocycles. The van der Waals surface area contributed by atoms with Gasteiger partial charge in [0.2, 0.25) is 0 Å². The number of halogens is 4. The molecule has 3 N–H and O–H groups in total. The van der Waals surface area contributed by atoms with Crippen LogP contribution in [-0.2, 0) is 4.79 Å². The normalized spacial score (nSPS) is 12.7. The molecule has 0 amide bonds. The van der Waals surface area contributed by atoms with Gasteiger partial charge in [-0.25, -0.2) is 22.4 Å². The van der Waals surface area contributed by atoms with Crippen molar-refractivity contribution in [3.63, 3.8) is 0 Å². The molecule has 0 spiro atoms. The van der Waals surface area contributed by atoms with Crippen molar-refractivity contribution < 1.29 is 27.5 Å². The lowest BCUT2D eigenvalue weighted by Crippen LogP contribution is -2.27. The van der Waals surface area contributed by atoms with Crippen molar-refractivity contribution >= 4 is 11.7 Å². The average molecular weight is 228 g/mol. The largest absolute Gasteiger partial charge is 0.478 e. The van der Waals surface area contributed by atoms with Crippen LogP contribution in [0, 0.1) is 5.41 Å². The van der Waals surface area contributed by atoms with E-state index in [-0.39, 0.29) is 0 Å². The van der Waals surface area contributed by atoms with Crippen molar-refractivity contribution in [2.75, 3.05) is 7.05 Å². The zero-order chi connectivity index (χ0) is 12.2. The van der Waals surface area contributed by atoms with E-state index in [1.54, 1.807) is 5.32 Å². The molecule has 0 unspecified atom stereocenters. The van der Waals surface area contributed by atoms with Crippen molar-refractivity contribution in [3.8, 4) is 0 Å². The van der Waals surface area contributed by atoms with Crippen molar-refractivity contribution in [1.82, 2.24) is 5.32 Å². The van der Waals surface area contributed by atoms with Crippen LogP contribution in [0.3, 0.4) is 0 Å². The number of hydrogen-bond donors (Lipinski definition) is 3. The number of alkyl halides is 4. The summed E-state index contributed by atoms with van der Waals surface area (Å²) in [4.78, 5) is 10.4. The van der Waals surface area contributed by atoms with Gasteiger partial charge in [0.25, 0.3) is 12.9 Å². The van der Waals surface area contributed by atoms with Crippen LogP contribution in [0.15, 0.2) is 11.3 Å². The van der Waals surface area contributed by atoms with Gasteiger partial charge in [0.05, 0.1) is 5.70 Å². The minimum absolute atomic E-state index is 0.961. The molecule has 0 aromatic rings. The molecule has 0 saturated heterocycles. The first kappa shape index (κ1) is 13.4. The summed E-state index contributed by atoms with van der Waals surface area (Å²) in [6, 6.07) is 0. The lowest BCUT2D eigenvalue weighted by atomic mass is 10.1. The zero-order valence-corrected chi connectivity index (χ0v) is 7.52. The molecule has 0 aliphatic rings. The number of aliphatic carboxylic acids is 1. The lowest BCUT2D eigenvalue weighted by molar-refractivity contribution is -0.132. The van der Waals surface area contributed by atoms with E-state index in [0.29, 0.717) is 0 Å². The first-order valence-corrected chi connectivity index (χ1v) is 3.63. The molecule has 0 bridgehead atoms. The third kappa shape index (κ3) is 3.22. The molecule has 15 heavy (non-hydrogen) atoms. The fraction of sp³-hybridized carbons (Fsp3) is 0.429. The molecule has 0 radical (unpaired) electrons. The summed E-state index contributed by atoms with van der Waals surface area (Å²) >= 11 is 0. The summed E-state index contributed by atoms with van der Waals surface area (Å²) in [6.45, 7) is 0. The van der Waals surface area contributed by atoms with Gasteiger partial charge in [-0.15, -0.1) is 0 Å². The monoisotopic (exact) mass is 228 g/mol. The SMILES string of the molecule is CN/C(=C(\C(=N)C(F)F)C(=O)O)C(F)F. The van der Waals surface area contributed by atoms with E-state index in [2.05, 4.69) is 0 Å². The lowest BCUT2D eigenvalue weighted by Gasteiger charge is -2.11. The Morgan fingerprint density at radius 1 is 1.27 bits per heavy atom. The topological polar surface area (TPSA) is 73.2 Å². The second-order valence-corrected chi connectivity index (χ2v) is 2.36. The van der Waals surface area contributed by atoms with Crippen LogP contribution in [-0.4, -0.2) is 36.7 Å². The molecule has 0 fully saturated rings. The standard InChI is InChI=1S/C7H8F4N2O2/c1-13-4(6(10)11)2(7(14)15)3(12)5(8)9/h5-6,12-13H,1H3,(H,14,15)/b4-2+,12-3?. The van der Waals surface area contributed by atoms with Crippen molar-refractivity contribution in [2.24, 2.45) is 0 Å². The third-order valence-corrected chi connectivity index (χ3v) is 1.46. The Morgan fingerprint density at radius 2 is 1.73 bits per heavy atom. The molecular weight excluding hydrogens is 220 g/mol. The number of rotatable bonds is 5. The summed E-state index contributed by atoms with van der Waals surface area (Å²) in [5.74, 6) is -2.00. The van der Waals surface area contributed by atoms with Crippen LogP contribution >= 0.6 is 0 Å². The maximum Gasteiger partial charge on any atom is 0.339 e. The number of carboxylic acids is 1. The van der Waals surface area contributed by atoms with Gasteiger partial charge in [0.1, 0.15) is 11.3 Å². The highest BCUT2D eigenvalue weighted by Gasteiger charge is 2.29. The first-order valence-electron chi connectivity index (χ1n) is 3.63. The molecule has 0 aliphatic heterocycles. The second-order valence-electron chi connectivity index (χ2n) is 2.36. The molecule has 0 heterocycles. The van der Waals surface area contributed by atoms with Crippen LogP contribution < -0.4 is 5.32 Å². The van der Waals surface area contributed by atoms with Crippen LogP contribution in [0.4, 0.5) is 17.6 Å². The highest BCUT2D eigenvalue weighted by Crippen LogP contribution is 2.15. The van der Waals surface area contributed by atoms with Crippen molar-refractivity contribution in [1.29, 1.82) is 5.41 Å². The van der Waals surface area contributed by atoms with Crippen LogP contribution in [0.5, 0.6) is 0 Å². The highest BCUT2D eigenvalue weighted by molar-refractivity contribution is 6.19. The Kier molecular flexibility index (Phi) is 4.75. The summed E-state index contributed by atoms with van der Waals surface area (Å²) in [5.41, 5.74) is -4.25. The minimum atomic E-state index is -3.42. The smallest absolute Gasteiger partial charge is 0.339 e. The first-order chi connectivity index (χ1) is 6.82. The molecule has 0 aromatic heterocycles. The second kappa shape index (κ2) is 5.32. The van der Waals surface area contributed by atoms with Gasteiger partial charge in [-0.2, -0.15) is 0 Å². The fourth-order valence-electron chi connectivity index (χ4n) is 0.828. The molecule has 0 atom stereocenters. The van der Waals surface area contributed by atoms with Gasteiger partial charge >= 0.3 is 5.97 Å². The quantitative estimate of drug-likeness (QED) is 0.374. The summed E-state index contributed by atoms with van der Waals surface area (Å²) in [5, 5.41) is 16.9. The van der Waals surface area contributed by atoms with Gasteiger partial charge in [-0.05, 0) is 0 Å². The van der Waals surface area contributed by atoms with E-state index in [4.69, 9.17) is 10.5 Å². The van der Waals surface area contributed by atoms with E-state index in [0.717, 1.165) is 7.05 Å². The predicted molar refractivity (Wildman–Crippen MR) is 43.5 cm³/mol. The Bertz CT molecular complexity index is 301. The van der Waals surface area contributed by atoms with Crippen LogP contribution in [0.2, 0.25) is 0 Å². The van der Waals surface area contributed by atoms with E-state index >= 15 is 0 Å². The molecule has 0 saturated carbocycles. The van der Waals surface area contributed by atoms with Gasteiger partial charge in [0, 0.05) is 7.05 Å². The van der Waals surface area contributed by atoms with Crippen LogP contribution in [0.1, 0.15) is 0 Å². The molecule has 8 heteroatoms. The molecule has 4 nitrogen and oxygen atoms in total. The summed E-state index contributed by atoms with van der Waals surface area (Å²) in [6.07, 6.45) is -6.68. The summed E-state index contributed by atoms with van der Waals surface area (Å²) in [7, 11) is 0.961. The van der Waals surface area contributed by atoms with E-state index in [1.807, 2.05) is 0 Å². The molecular formula is C7H8F4N2O2. The average Bonchev–Trinajstić information content (AvgIpc) is 2.11. The predicted octanol–water partition coefficient (Wildman–Crippen LogP) is 1.09. The Morgan fingerprint density at radius 3 is 1.93 bits per heavy atom. The Balaban J connectivity index is 5.45. The van der Waals surface area contributed by atoms with Gasteiger partial charge in [0.15, 0.2) is 0 Å². The minimum Gasteiger partial charge on any atom is -0.478 e. The fourth-order valence-corrected chi connectivity index (χ4v) is 0.828. The van der Waals surface area contributed by atoms with E-state index in [1.165, 1.54) is 0 Å². The number of hydrogen-bond acceptors (Lipinski definition) is 3. The number of allylic oxidation sites excluding steroid dienone is 1. The van der Waals surface area contributed by atoms with Gasteiger partial charge < -0.3 is 10.4 Å². The van der Waals surface area contributed by atoms with E-state index in [9.17, 15) is 22.4 Å². The zero-order valence-electron chi connectivity index (χ0n) is 7.52. The summed E-state index contributed by atoms with van der Waals surface area (Å²) < 4.78 is 48.4. The van der Waals surface area contributed by atoms with Gasteiger partial charge in [-0.1, -0.05) is 0 Å². The van der Waals surface area contributed by atoms with Crippen molar-refractivity contribution in [2.45, 2.75) is 12.9 Å². The van der Waals surface area contributed by atoms with Crippen LogP contribution in [0.25, 0.3) is 0 Å². The molecule has 86 valence electrons.